The molecule has 396 valence electrons. The number of benzene rings is 11. The molecular weight excluding hydrogens is 988 g/mol. The van der Waals surface area contributed by atoms with E-state index in [0.717, 1.165) is 0 Å². The Labute approximate surface area is 482 Å². The summed E-state index contributed by atoms with van der Waals surface area (Å²) in [6.45, 7) is 28.8. The first kappa shape index (κ1) is 48.3. The Hall–Kier alpha value is -8.40. The summed E-state index contributed by atoms with van der Waals surface area (Å²) < 4.78 is 5.53. The Morgan fingerprint density at radius 2 is 0.744 bits per heavy atom. The van der Waals surface area contributed by atoms with Crippen molar-refractivity contribution >= 4 is 88.3 Å². The van der Waals surface area contributed by atoms with E-state index in [9.17, 15) is 0 Å². The van der Waals surface area contributed by atoms with E-state index in [0.29, 0.717) is 0 Å². The minimum atomic E-state index is -0.465. The van der Waals surface area contributed by atoms with E-state index in [1.54, 1.807) is 0 Å². The molecule has 17 rings (SSSR count). The fourth-order valence-corrected chi connectivity index (χ4v) is 16.3. The zero-order chi connectivity index (χ0) is 56.1. The molecule has 0 unspecified atom stereocenters. The highest BCUT2D eigenvalue weighted by Crippen LogP contribution is 2.63. The largest absolute Gasteiger partial charge is 0.310 e. The van der Waals surface area contributed by atoms with Crippen molar-refractivity contribution in [2.75, 3.05) is 0 Å². The lowest BCUT2D eigenvalue weighted by molar-refractivity contribution is 0.572. The van der Waals surface area contributed by atoms with Crippen molar-refractivity contribution in [3.63, 3.8) is 0 Å². The van der Waals surface area contributed by atoms with Crippen molar-refractivity contribution in [3.05, 3.63) is 233 Å². The molecule has 82 heavy (non-hydrogen) atoms. The SMILES string of the molecule is CC(C)(C)c1cc(C(C)(C)C)c2c3c4ccccc4cc4c3n(c2c1)-c1cc(-c2ccc3c(c2)C2(c5ccccc5-c5ccccc52)c2ccccc2-3)cc2c1B4c1cc3ccccc3c3c4c(C(C)(C)C)cc(C(C)(C)C)cc4n-2c13. The monoisotopic (exact) mass is 1050 g/mol. The summed E-state index contributed by atoms with van der Waals surface area (Å²) in [6, 6.07) is 74.4. The van der Waals surface area contributed by atoms with Gasteiger partial charge in [0, 0.05) is 32.9 Å². The first-order chi connectivity index (χ1) is 39.2. The molecule has 3 heteroatoms. The Morgan fingerprint density at radius 3 is 1.17 bits per heavy atom. The molecule has 4 aliphatic rings. The van der Waals surface area contributed by atoms with Crippen molar-refractivity contribution < 1.29 is 0 Å². The van der Waals surface area contributed by atoms with E-state index in [2.05, 4.69) is 280 Å². The van der Waals surface area contributed by atoms with Gasteiger partial charge in [0.25, 0.3) is 6.71 Å². The van der Waals surface area contributed by atoms with E-state index in [-0.39, 0.29) is 28.4 Å². The molecule has 2 aromatic heterocycles. The van der Waals surface area contributed by atoms with E-state index >= 15 is 0 Å². The second-order valence-corrected chi connectivity index (χ2v) is 28.8. The van der Waals surface area contributed by atoms with Gasteiger partial charge in [-0.25, -0.2) is 0 Å². The standard InChI is InChI=1S/C79H67BN2/c1-75(2,3)48-40-60(77(7,8)9)70-64(42-48)81-66-38-47(44-33-34-55-54-29-19-22-32-58(54)79(59(55)35-44)56-30-20-17-27-52(56)53-28-18-21-31-57(53)79)39-67-72(66)80(62-36-45-23-13-15-25-50(45)68(70)73(62)81)63-37-46-24-14-16-26-51(46)69-71-61(78(10,11)12)41-49(76(4,5)6)43-65(71)82(67)74(63)69/h13-43H,1-12H3. The van der Waals surface area contributed by atoms with Crippen molar-refractivity contribution in [1.29, 1.82) is 0 Å². The predicted molar refractivity (Wildman–Crippen MR) is 351 cm³/mol. The minimum Gasteiger partial charge on any atom is -0.310 e. The highest BCUT2D eigenvalue weighted by atomic mass is 15.0. The maximum Gasteiger partial charge on any atom is 0.252 e. The molecule has 13 aromatic rings. The summed E-state index contributed by atoms with van der Waals surface area (Å²) in [7, 11) is 0. The van der Waals surface area contributed by atoms with Crippen LogP contribution in [0.15, 0.2) is 188 Å². The average Bonchev–Trinajstić information content (AvgIpc) is 1.59. The predicted octanol–water partition coefficient (Wildman–Crippen LogP) is 18.5. The molecule has 0 radical (unpaired) electrons. The quantitative estimate of drug-likeness (QED) is 0.145. The number of fused-ring (bicyclic) bond motifs is 24. The minimum absolute atomic E-state index is 0.0449. The van der Waals surface area contributed by atoms with Crippen LogP contribution >= 0.6 is 0 Å². The Balaban J connectivity index is 1.09. The van der Waals surface area contributed by atoms with Crippen molar-refractivity contribution in [2.24, 2.45) is 0 Å². The van der Waals surface area contributed by atoms with Crippen LogP contribution < -0.4 is 16.4 Å². The third kappa shape index (κ3) is 6.02. The van der Waals surface area contributed by atoms with Gasteiger partial charge in [-0.15, -0.1) is 0 Å². The molecular formula is C79H67BN2. The van der Waals surface area contributed by atoms with Gasteiger partial charge in [-0.05, 0) is 168 Å². The maximum absolute atomic E-state index is 2.76. The summed E-state index contributed by atoms with van der Waals surface area (Å²) >= 11 is 0. The fraction of sp³-hybridized carbons (Fsp3) is 0.215. The molecule has 2 nitrogen and oxygen atoms in total. The van der Waals surface area contributed by atoms with Crippen LogP contribution in [0.5, 0.6) is 0 Å². The third-order valence-electron chi connectivity index (χ3n) is 20.0. The number of rotatable bonds is 1. The van der Waals surface area contributed by atoms with Crippen LogP contribution in [-0.2, 0) is 27.1 Å². The highest BCUT2D eigenvalue weighted by molar-refractivity contribution is 7.00. The topological polar surface area (TPSA) is 9.86 Å². The first-order valence-corrected chi connectivity index (χ1v) is 30.0. The van der Waals surface area contributed by atoms with Gasteiger partial charge in [0.2, 0.25) is 0 Å². The summed E-state index contributed by atoms with van der Waals surface area (Å²) in [5, 5.41) is 10.7. The van der Waals surface area contributed by atoms with Gasteiger partial charge in [-0.2, -0.15) is 0 Å². The van der Waals surface area contributed by atoms with Crippen molar-refractivity contribution in [3.8, 4) is 44.8 Å². The van der Waals surface area contributed by atoms with Crippen LogP contribution in [0.25, 0.3) is 110 Å². The molecule has 0 saturated carbocycles. The number of aromatic nitrogens is 2. The molecule has 1 spiro atoms. The second-order valence-electron chi connectivity index (χ2n) is 28.8. The van der Waals surface area contributed by atoms with Gasteiger partial charge in [0.1, 0.15) is 0 Å². The second kappa shape index (κ2) is 15.6. The average molecular weight is 1060 g/mol. The number of hydrogen-bond donors (Lipinski definition) is 0. The molecule has 0 bridgehead atoms. The number of hydrogen-bond acceptors (Lipinski definition) is 0. The van der Waals surface area contributed by atoms with Gasteiger partial charge >= 0.3 is 0 Å². The lowest BCUT2D eigenvalue weighted by Crippen LogP contribution is -2.59. The van der Waals surface area contributed by atoms with E-state index < -0.39 is 5.41 Å². The van der Waals surface area contributed by atoms with Crippen LogP contribution in [0.3, 0.4) is 0 Å². The zero-order valence-corrected chi connectivity index (χ0v) is 49.4. The maximum atomic E-state index is 2.76. The lowest BCUT2D eigenvalue weighted by Gasteiger charge is -2.35. The molecule has 0 N–H and O–H groups in total. The zero-order valence-electron chi connectivity index (χ0n) is 49.4. The normalized spacial score (nSPS) is 14.7. The summed E-state index contributed by atoms with van der Waals surface area (Å²) in [5.74, 6) is 0. The number of nitrogens with zero attached hydrogens (tertiary/aromatic N) is 2. The van der Waals surface area contributed by atoms with Crippen molar-refractivity contribution in [2.45, 2.75) is 110 Å². The van der Waals surface area contributed by atoms with Gasteiger partial charge in [0.05, 0.1) is 27.5 Å². The molecule has 2 aliphatic carbocycles. The summed E-state index contributed by atoms with van der Waals surface area (Å²) in [4.78, 5) is 0. The van der Waals surface area contributed by atoms with Crippen LogP contribution in [-0.4, -0.2) is 15.8 Å². The molecule has 4 heterocycles. The summed E-state index contributed by atoms with van der Waals surface area (Å²) in [5.41, 5.74) is 29.8. The van der Waals surface area contributed by atoms with Gasteiger partial charge in [0.15, 0.2) is 0 Å². The first-order valence-electron chi connectivity index (χ1n) is 30.0. The Bertz CT molecular complexity index is 4800. The van der Waals surface area contributed by atoms with Crippen LogP contribution in [0, 0.1) is 0 Å². The lowest BCUT2D eigenvalue weighted by atomic mass is 9.34. The van der Waals surface area contributed by atoms with Crippen LogP contribution in [0.1, 0.15) is 128 Å². The van der Waals surface area contributed by atoms with E-state index in [1.165, 1.54) is 171 Å². The molecule has 0 saturated heterocycles. The van der Waals surface area contributed by atoms with Crippen molar-refractivity contribution in [1.82, 2.24) is 9.13 Å². The highest BCUT2D eigenvalue weighted by Gasteiger charge is 2.52. The fourth-order valence-electron chi connectivity index (χ4n) is 16.3. The smallest absolute Gasteiger partial charge is 0.252 e. The third-order valence-corrected chi connectivity index (χ3v) is 20.0. The van der Waals surface area contributed by atoms with E-state index in [1.807, 2.05) is 0 Å². The Kier molecular flexibility index (Phi) is 9.18. The molecule has 0 fully saturated rings. The molecule has 0 amide bonds. The Morgan fingerprint density at radius 1 is 0.341 bits per heavy atom. The van der Waals surface area contributed by atoms with Gasteiger partial charge in [-0.3, -0.25) is 0 Å². The molecule has 0 atom stereocenters. The molecule has 11 aromatic carbocycles. The van der Waals surface area contributed by atoms with Gasteiger partial charge < -0.3 is 9.13 Å². The molecule has 2 aliphatic heterocycles. The van der Waals surface area contributed by atoms with Crippen LogP contribution in [0.2, 0.25) is 0 Å². The van der Waals surface area contributed by atoms with E-state index in [4.69, 9.17) is 0 Å². The van der Waals surface area contributed by atoms with Crippen LogP contribution in [0.4, 0.5) is 0 Å². The summed E-state index contributed by atoms with van der Waals surface area (Å²) in [6.07, 6.45) is 0. The van der Waals surface area contributed by atoms with Gasteiger partial charge in [-0.1, -0.05) is 241 Å².